The lowest BCUT2D eigenvalue weighted by Crippen LogP contribution is -2.60. The normalized spacial score (nSPS) is 38.1. The highest BCUT2D eigenvalue weighted by Crippen LogP contribution is 2.42. The molecular formula is C24H28FN3O10. The molecule has 14 heteroatoms. The molecule has 0 amide bonds. The van der Waals surface area contributed by atoms with Crippen LogP contribution >= 0.6 is 0 Å². The third kappa shape index (κ3) is 4.27. The maximum atomic E-state index is 16.1. The van der Waals surface area contributed by atoms with Crippen LogP contribution in [0.2, 0.25) is 0 Å². The molecule has 0 bridgehead atoms. The molecule has 0 spiro atoms. The van der Waals surface area contributed by atoms with Crippen molar-refractivity contribution in [1.82, 2.24) is 9.47 Å². The second-order valence-electron chi connectivity index (χ2n) is 8.85. The van der Waals surface area contributed by atoms with Gasteiger partial charge in [-0.1, -0.05) is 0 Å². The number of nitrogens with zero attached hydrogens (tertiary/aromatic N) is 3. The molecule has 0 radical (unpaired) electrons. The summed E-state index contributed by atoms with van der Waals surface area (Å²) in [7, 11) is 0.826. The van der Waals surface area contributed by atoms with E-state index in [2.05, 4.69) is 0 Å². The van der Waals surface area contributed by atoms with Gasteiger partial charge in [0, 0.05) is 37.7 Å². The fraction of sp³-hybridized carbons (Fsp3) is 0.542. The van der Waals surface area contributed by atoms with Crippen molar-refractivity contribution in [3.63, 3.8) is 0 Å². The fourth-order valence-corrected chi connectivity index (χ4v) is 4.30. The van der Waals surface area contributed by atoms with Crippen LogP contribution in [0.4, 0.5) is 10.1 Å². The molecule has 38 heavy (non-hydrogen) atoms. The number of likely N-dealkylation sites (N-methyl/N-ethyl adjacent to an activating group) is 1. The molecule has 6 atom stereocenters. The van der Waals surface area contributed by atoms with Crippen LogP contribution in [0.15, 0.2) is 17.1 Å². The number of anilines is 1. The van der Waals surface area contributed by atoms with E-state index in [-0.39, 0.29) is 21.9 Å². The Bertz CT molecular complexity index is 1670. The zero-order valence-corrected chi connectivity index (χ0v) is 19.8. The summed E-state index contributed by atoms with van der Waals surface area (Å²) in [6.45, 7) is -12.2. The lowest BCUT2D eigenvalue weighted by atomic mass is 9.99. The first-order valence-corrected chi connectivity index (χ1v) is 11.2. The van der Waals surface area contributed by atoms with Crippen molar-refractivity contribution < 1.29 is 59.6 Å². The van der Waals surface area contributed by atoms with E-state index in [0.29, 0.717) is 6.07 Å². The molecule has 4 N–H and O–H groups in total. The van der Waals surface area contributed by atoms with Crippen LogP contribution in [0.25, 0.3) is 10.9 Å². The number of aliphatic hydroxyl groups excluding tert-OH is 3. The van der Waals surface area contributed by atoms with Gasteiger partial charge < -0.3 is 49.0 Å². The molecule has 4 heterocycles. The van der Waals surface area contributed by atoms with Crippen molar-refractivity contribution in [1.29, 1.82) is 0 Å². The van der Waals surface area contributed by atoms with Crippen LogP contribution < -0.4 is 15.1 Å². The summed E-state index contributed by atoms with van der Waals surface area (Å²) in [5.41, 5.74) is -3.36. The SMILES string of the molecule is [2H]C1([2H])N(C)C([2H])([2H])C([2H])([2H])N(c2c(F)cc3c(=O)c(C(=O)O[C@@H]4O[C@H](C(=O)O)[C@@H](O)[C@H](O)[C@H]4O)cn4c3c2OC[C@@H]4C)C1([2H])[2H]. The van der Waals surface area contributed by atoms with Crippen LogP contribution in [-0.2, 0) is 14.3 Å². The predicted octanol–water partition coefficient (Wildman–Crippen LogP) is -1.11. The molecule has 2 saturated heterocycles. The number of aliphatic carboxylic acids is 1. The number of rotatable bonds is 4. The standard InChI is InChI=1S/C24H28FN3O10/c1-10-9-36-20-14-11(7-13(25)15(20)27-5-3-26(2)4-6-27)16(29)12(8-28(10)14)23(35)38-24-19(32)17(30)18(31)21(37-24)22(33)34/h7-8,10,17-19,21,24,30-32H,3-6,9H2,1-2H3,(H,33,34)/t10-,17-,18-,19+,21-,24-/m0/s1/i3D2,4D2,5D2,6D2. The van der Waals surface area contributed by atoms with Gasteiger partial charge in [-0.3, -0.25) is 4.79 Å². The van der Waals surface area contributed by atoms with Crippen molar-refractivity contribution >= 4 is 28.5 Å². The molecule has 2 aromatic rings. The first kappa shape index (κ1) is 18.1. The number of benzene rings is 1. The van der Waals surface area contributed by atoms with E-state index in [0.717, 1.165) is 13.2 Å². The van der Waals surface area contributed by atoms with Crippen LogP contribution in [0.3, 0.4) is 0 Å². The van der Waals surface area contributed by atoms with Gasteiger partial charge >= 0.3 is 11.9 Å². The number of carbonyl (C=O) groups excluding carboxylic acids is 1. The van der Waals surface area contributed by atoms with Crippen LogP contribution in [0.5, 0.6) is 5.75 Å². The van der Waals surface area contributed by atoms with Crippen molar-refractivity contribution in [2.75, 3.05) is 44.5 Å². The summed E-state index contributed by atoms with van der Waals surface area (Å²) in [4.78, 5) is 38.3. The Hall–Kier alpha value is -3.30. The number of pyridine rings is 1. The van der Waals surface area contributed by atoms with Crippen molar-refractivity contribution in [2.24, 2.45) is 0 Å². The van der Waals surface area contributed by atoms with Gasteiger partial charge in [0.15, 0.2) is 17.7 Å². The predicted molar refractivity (Wildman–Crippen MR) is 128 cm³/mol. The van der Waals surface area contributed by atoms with Gasteiger partial charge in [0.2, 0.25) is 11.7 Å². The van der Waals surface area contributed by atoms with Gasteiger partial charge in [-0.25, -0.2) is 14.0 Å². The summed E-state index contributed by atoms with van der Waals surface area (Å²) in [5, 5.41) is 38.8. The number of aliphatic hydroxyl groups is 3. The largest absolute Gasteiger partial charge is 0.487 e. The Balaban J connectivity index is 1.67. The van der Waals surface area contributed by atoms with E-state index in [9.17, 15) is 34.8 Å². The number of halogens is 1. The van der Waals surface area contributed by atoms with E-state index in [1.54, 1.807) is 0 Å². The molecule has 206 valence electrons. The van der Waals surface area contributed by atoms with Crippen LogP contribution in [-0.4, -0.2) is 112 Å². The summed E-state index contributed by atoms with van der Waals surface area (Å²) in [6, 6.07) is -0.239. The van der Waals surface area contributed by atoms with Gasteiger partial charge in [-0.05, 0) is 20.0 Å². The summed E-state index contributed by atoms with van der Waals surface area (Å²) in [6.07, 6.45) is -9.76. The molecule has 3 aliphatic heterocycles. The topological polar surface area (TPSA) is 171 Å². The van der Waals surface area contributed by atoms with Crippen molar-refractivity contribution in [3.8, 4) is 5.75 Å². The Kier molecular flexibility index (Phi) is 4.65. The molecule has 5 rings (SSSR count). The fourth-order valence-electron chi connectivity index (χ4n) is 4.30. The minimum Gasteiger partial charge on any atom is -0.487 e. The molecule has 3 aliphatic rings. The monoisotopic (exact) mass is 545 g/mol. The zero-order chi connectivity index (χ0) is 34.6. The van der Waals surface area contributed by atoms with Gasteiger partial charge in [-0.15, -0.1) is 0 Å². The first-order valence-electron chi connectivity index (χ1n) is 15.2. The van der Waals surface area contributed by atoms with E-state index < -0.39 is 108 Å². The number of carboxylic acids is 1. The van der Waals surface area contributed by atoms with Gasteiger partial charge in [0.05, 0.1) is 22.4 Å². The van der Waals surface area contributed by atoms with E-state index in [4.69, 9.17) is 25.2 Å². The smallest absolute Gasteiger partial charge is 0.346 e. The molecule has 2 fully saturated rings. The maximum Gasteiger partial charge on any atom is 0.346 e. The van der Waals surface area contributed by atoms with Crippen molar-refractivity contribution in [3.05, 3.63) is 33.9 Å². The minimum absolute atomic E-state index is 0.0442. The Morgan fingerprint density at radius 3 is 2.50 bits per heavy atom. The summed E-state index contributed by atoms with van der Waals surface area (Å²) in [5.74, 6) is -5.48. The van der Waals surface area contributed by atoms with E-state index >= 15 is 4.39 Å². The second-order valence-corrected chi connectivity index (χ2v) is 8.85. The Morgan fingerprint density at radius 2 is 1.84 bits per heavy atom. The van der Waals surface area contributed by atoms with Gasteiger partial charge in [0.25, 0.3) is 0 Å². The van der Waals surface area contributed by atoms with Gasteiger partial charge in [0.1, 0.15) is 36.2 Å². The number of piperazine rings is 1. The third-order valence-electron chi connectivity index (χ3n) is 6.28. The third-order valence-corrected chi connectivity index (χ3v) is 6.28. The number of hydrogen-bond acceptors (Lipinski definition) is 11. The summed E-state index contributed by atoms with van der Waals surface area (Å²) >= 11 is 0. The van der Waals surface area contributed by atoms with Crippen LogP contribution in [0.1, 0.15) is 34.3 Å². The number of esters is 1. The van der Waals surface area contributed by atoms with E-state index in [1.165, 1.54) is 11.5 Å². The lowest BCUT2D eigenvalue weighted by molar-refractivity contribution is -0.278. The lowest BCUT2D eigenvalue weighted by Gasteiger charge is -2.38. The Morgan fingerprint density at radius 1 is 1.16 bits per heavy atom. The average Bonchev–Trinajstić information content (AvgIpc) is 2.95. The quantitative estimate of drug-likeness (QED) is 0.342. The molecule has 1 aromatic heterocycles. The number of hydrogen-bond donors (Lipinski definition) is 4. The molecule has 0 unspecified atom stereocenters. The van der Waals surface area contributed by atoms with Crippen LogP contribution in [0, 0.1) is 5.82 Å². The number of carbonyl (C=O) groups is 2. The molecular weight excluding hydrogens is 509 g/mol. The van der Waals surface area contributed by atoms with Crippen molar-refractivity contribution in [2.45, 2.75) is 43.7 Å². The summed E-state index contributed by atoms with van der Waals surface area (Å²) < 4.78 is 100. The molecule has 13 nitrogen and oxygen atoms in total. The van der Waals surface area contributed by atoms with Gasteiger partial charge in [-0.2, -0.15) is 0 Å². The highest BCUT2D eigenvalue weighted by molar-refractivity contribution is 5.98. The number of carboxylic acid groups (broad SMARTS) is 1. The van der Waals surface area contributed by atoms with E-state index in [1.807, 2.05) is 0 Å². The highest BCUT2D eigenvalue weighted by Gasteiger charge is 2.49. The maximum absolute atomic E-state index is 16.1. The molecule has 1 aromatic carbocycles. The number of ether oxygens (including phenoxy) is 3. The second kappa shape index (κ2) is 9.78. The highest BCUT2D eigenvalue weighted by atomic mass is 19.1. The average molecular weight is 546 g/mol. The molecule has 0 saturated carbocycles. The zero-order valence-electron chi connectivity index (χ0n) is 27.8. The molecule has 0 aliphatic carbocycles. The first-order chi connectivity index (χ1) is 21.0. The minimum atomic E-state index is -3.45. The number of aromatic nitrogens is 1. The Labute approximate surface area is 226 Å².